The average molecular weight is 449 g/mol. The SMILES string of the molecule is O=C(N[C@H]1C[C@H]2CC[C@@H](C1)N2S(=O)(=O)CC1CCNCC1)c1ccc2[nH]c(=O)oc2c1. The minimum atomic E-state index is -3.30. The van der Waals surface area contributed by atoms with Crippen molar-refractivity contribution in [3.63, 3.8) is 0 Å². The highest BCUT2D eigenvalue weighted by Crippen LogP contribution is 2.39. The third kappa shape index (κ3) is 4.16. The van der Waals surface area contributed by atoms with Gasteiger partial charge in [0, 0.05) is 23.7 Å². The van der Waals surface area contributed by atoms with Crippen LogP contribution in [0.2, 0.25) is 0 Å². The molecule has 3 saturated heterocycles. The molecular formula is C21H28N4O5S. The molecule has 9 nitrogen and oxygen atoms in total. The Labute approximate surface area is 180 Å². The molecule has 3 atom stereocenters. The second-order valence-corrected chi connectivity index (χ2v) is 11.0. The van der Waals surface area contributed by atoms with Gasteiger partial charge in [-0.1, -0.05) is 0 Å². The minimum Gasteiger partial charge on any atom is -0.408 e. The predicted octanol–water partition coefficient (Wildman–Crippen LogP) is 1.18. The van der Waals surface area contributed by atoms with Gasteiger partial charge in [0.15, 0.2) is 5.58 Å². The van der Waals surface area contributed by atoms with Gasteiger partial charge in [0.05, 0.1) is 11.3 Å². The zero-order valence-corrected chi connectivity index (χ0v) is 18.1. The molecule has 0 radical (unpaired) electrons. The number of amides is 1. The van der Waals surface area contributed by atoms with Crippen molar-refractivity contribution in [1.29, 1.82) is 0 Å². The summed E-state index contributed by atoms with van der Waals surface area (Å²) in [7, 11) is -3.30. The highest BCUT2D eigenvalue weighted by Gasteiger charge is 2.47. The van der Waals surface area contributed by atoms with Crippen molar-refractivity contribution in [3.05, 3.63) is 34.3 Å². The third-order valence-electron chi connectivity index (χ3n) is 6.91. The van der Waals surface area contributed by atoms with E-state index >= 15 is 0 Å². The zero-order chi connectivity index (χ0) is 21.6. The lowest BCUT2D eigenvalue weighted by molar-refractivity contribution is 0.0909. The molecule has 0 aliphatic carbocycles. The first-order valence-corrected chi connectivity index (χ1v) is 12.7. The molecule has 2 aromatic rings. The van der Waals surface area contributed by atoms with Crippen molar-refractivity contribution in [2.75, 3.05) is 18.8 Å². The van der Waals surface area contributed by atoms with Gasteiger partial charge in [0.25, 0.3) is 5.91 Å². The first kappa shape index (κ1) is 20.7. The van der Waals surface area contributed by atoms with E-state index in [1.165, 1.54) is 0 Å². The van der Waals surface area contributed by atoms with Gasteiger partial charge >= 0.3 is 5.76 Å². The summed E-state index contributed by atoms with van der Waals surface area (Å²) in [6.45, 7) is 1.78. The molecule has 0 saturated carbocycles. The summed E-state index contributed by atoms with van der Waals surface area (Å²) in [6.07, 6.45) is 4.79. The number of carbonyl (C=O) groups excluding carboxylic acids is 1. The Morgan fingerprint density at radius 1 is 1.13 bits per heavy atom. The Morgan fingerprint density at radius 2 is 1.84 bits per heavy atom. The van der Waals surface area contributed by atoms with Crippen LogP contribution < -0.4 is 16.4 Å². The van der Waals surface area contributed by atoms with Crippen molar-refractivity contribution >= 4 is 27.0 Å². The van der Waals surface area contributed by atoms with Gasteiger partial charge in [-0.3, -0.25) is 9.78 Å². The molecule has 10 heteroatoms. The molecule has 4 heterocycles. The van der Waals surface area contributed by atoms with Crippen LogP contribution in [0.15, 0.2) is 27.4 Å². The molecule has 3 aliphatic heterocycles. The fraction of sp³-hybridized carbons (Fsp3) is 0.619. The van der Waals surface area contributed by atoms with Gasteiger partial charge in [0.2, 0.25) is 10.0 Å². The molecule has 0 spiro atoms. The fourth-order valence-corrected chi connectivity index (χ4v) is 7.89. The molecular weight excluding hydrogens is 420 g/mol. The van der Waals surface area contributed by atoms with Crippen LogP contribution in [-0.2, 0) is 10.0 Å². The van der Waals surface area contributed by atoms with E-state index in [9.17, 15) is 18.0 Å². The number of H-pyrrole nitrogens is 1. The van der Waals surface area contributed by atoms with Crippen LogP contribution in [0, 0.1) is 5.92 Å². The van der Waals surface area contributed by atoms with Crippen LogP contribution >= 0.6 is 0 Å². The summed E-state index contributed by atoms with van der Waals surface area (Å²) in [5.74, 6) is -0.324. The summed E-state index contributed by atoms with van der Waals surface area (Å²) in [5, 5.41) is 6.35. The highest BCUT2D eigenvalue weighted by molar-refractivity contribution is 7.89. The Balaban J connectivity index is 1.24. The number of nitrogens with zero attached hydrogens (tertiary/aromatic N) is 1. The molecule has 3 aliphatic rings. The van der Waals surface area contributed by atoms with Crippen LogP contribution in [0.3, 0.4) is 0 Å². The third-order valence-corrected chi connectivity index (χ3v) is 9.04. The molecule has 3 N–H and O–H groups in total. The topological polar surface area (TPSA) is 125 Å². The monoisotopic (exact) mass is 448 g/mol. The maximum absolute atomic E-state index is 13.2. The number of hydrogen-bond acceptors (Lipinski definition) is 6. The summed E-state index contributed by atoms with van der Waals surface area (Å²) in [6, 6.07) is 4.70. The minimum absolute atomic E-state index is 0.0408. The quantitative estimate of drug-likeness (QED) is 0.631. The summed E-state index contributed by atoms with van der Waals surface area (Å²) < 4.78 is 33.1. The van der Waals surface area contributed by atoms with E-state index in [2.05, 4.69) is 15.6 Å². The number of rotatable bonds is 5. The zero-order valence-electron chi connectivity index (χ0n) is 17.3. The van der Waals surface area contributed by atoms with E-state index in [1.807, 2.05) is 0 Å². The molecule has 168 valence electrons. The van der Waals surface area contributed by atoms with E-state index in [-0.39, 0.29) is 35.7 Å². The number of hydrogen-bond donors (Lipinski definition) is 3. The number of carbonyl (C=O) groups is 1. The van der Waals surface area contributed by atoms with Crippen molar-refractivity contribution in [1.82, 2.24) is 19.9 Å². The molecule has 31 heavy (non-hydrogen) atoms. The molecule has 5 rings (SSSR count). The molecule has 2 bridgehead atoms. The van der Waals surface area contributed by atoms with Gasteiger partial charge in [-0.15, -0.1) is 0 Å². The summed E-state index contributed by atoms with van der Waals surface area (Å²) >= 11 is 0. The molecule has 0 unspecified atom stereocenters. The van der Waals surface area contributed by atoms with Crippen molar-refractivity contribution < 1.29 is 17.6 Å². The molecule has 1 aromatic heterocycles. The van der Waals surface area contributed by atoms with Crippen LogP contribution in [0.4, 0.5) is 0 Å². The van der Waals surface area contributed by atoms with Gasteiger partial charge in [-0.25, -0.2) is 13.2 Å². The normalized spacial score (nSPS) is 27.5. The predicted molar refractivity (Wildman–Crippen MR) is 115 cm³/mol. The second-order valence-electron chi connectivity index (χ2n) is 9.05. The van der Waals surface area contributed by atoms with Gasteiger partial charge in [0.1, 0.15) is 0 Å². The standard InChI is InChI=1S/C21H28N4O5S/c26-20(14-1-4-18-19(9-14)30-21(27)24-18)23-15-10-16-2-3-17(11-15)25(16)31(28,29)12-13-5-7-22-8-6-13/h1,4,9,13,15-17,22H,2-3,5-8,10-12H2,(H,23,26)(H,24,27)/t15-,16+,17-. The number of benzene rings is 1. The number of aromatic amines is 1. The summed E-state index contributed by atoms with van der Waals surface area (Å²) in [4.78, 5) is 26.6. The van der Waals surface area contributed by atoms with Gasteiger partial charge in [-0.2, -0.15) is 4.31 Å². The second kappa shape index (κ2) is 8.07. The van der Waals surface area contributed by atoms with E-state index in [0.717, 1.165) is 38.8 Å². The maximum atomic E-state index is 13.2. The molecule has 1 amide bonds. The van der Waals surface area contributed by atoms with Crippen LogP contribution in [0.1, 0.15) is 48.9 Å². The molecule has 3 fully saturated rings. The Bertz CT molecular complexity index is 1120. The number of nitrogens with one attached hydrogen (secondary N) is 3. The first-order valence-electron chi connectivity index (χ1n) is 11.0. The van der Waals surface area contributed by atoms with Crippen LogP contribution in [-0.4, -0.2) is 60.6 Å². The van der Waals surface area contributed by atoms with Gasteiger partial charge < -0.3 is 15.1 Å². The number of oxazole rings is 1. The number of aromatic nitrogens is 1. The Morgan fingerprint density at radius 3 is 2.55 bits per heavy atom. The average Bonchev–Trinajstić information content (AvgIpc) is 3.24. The van der Waals surface area contributed by atoms with Crippen molar-refractivity contribution in [2.24, 2.45) is 5.92 Å². The maximum Gasteiger partial charge on any atom is 0.417 e. The van der Waals surface area contributed by atoms with Crippen molar-refractivity contribution in [3.8, 4) is 0 Å². The Kier molecular flexibility index (Phi) is 5.39. The fourth-order valence-electron chi connectivity index (χ4n) is 5.49. The first-order chi connectivity index (χ1) is 14.9. The van der Waals surface area contributed by atoms with E-state index in [1.54, 1.807) is 22.5 Å². The summed E-state index contributed by atoms with van der Waals surface area (Å²) in [5.41, 5.74) is 1.31. The lowest BCUT2D eigenvalue weighted by atomic mass is 9.99. The Hall–Kier alpha value is -2.17. The smallest absolute Gasteiger partial charge is 0.408 e. The van der Waals surface area contributed by atoms with E-state index < -0.39 is 15.8 Å². The van der Waals surface area contributed by atoms with E-state index in [0.29, 0.717) is 29.5 Å². The molecule has 1 aromatic carbocycles. The van der Waals surface area contributed by atoms with E-state index in [4.69, 9.17) is 4.42 Å². The largest absolute Gasteiger partial charge is 0.417 e. The van der Waals surface area contributed by atoms with Gasteiger partial charge in [-0.05, 0) is 75.7 Å². The highest BCUT2D eigenvalue weighted by atomic mass is 32.2. The number of piperidine rings is 2. The number of fused-ring (bicyclic) bond motifs is 3. The lowest BCUT2D eigenvalue weighted by Crippen LogP contribution is -2.53. The lowest BCUT2D eigenvalue weighted by Gasteiger charge is -2.39. The number of sulfonamides is 1. The van der Waals surface area contributed by atoms with Crippen molar-refractivity contribution in [2.45, 2.75) is 56.7 Å². The van der Waals surface area contributed by atoms with Crippen LogP contribution in [0.25, 0.3) is 11.1 Å². The van der Waals surface area contributed by atoms with Crippen LogP contribution in [0.5, 0.6) is 0 Å².